The van der Waals surface area contributed by atoms with Gasteiger partial charge in [-0.15, -0.1) is 0 Å². The Balaban J connectivity index is 2.18. The summed E-state index contributed by atoms with van der Waals surface area (Å²) in [5.41, 5.74) is 1.96. The molecule has 0 aromatic heterocycles. The van der Waals surface area contributed by atoms with Gasteiger partial charge in [-0.05, 0) is 37.3 Å². The van der Waals surface area contributed by atoms with Gasteiger partial charge < -0.3 is 5.32 Å². The maximum absolute atomic E-state index is 12.6. The SMILES string of the molecule is CC(C)=C[C@@H]1[C@H](C(=O)Nc2ccccc2NS(C)(=O)=O)C1(C)C. The normalized spacial score (nSPS) is 22.1. The summed E-state index contributed by atoms with van der Waals surface area (Å²) in [6.07, 6.45) is 3.21. The molecule has 0 radical (unpaired) electrons. The first kappa shape index (κ1) is 17.5. The number of allylic oxidation sites excluding steroid dienone is 2. The van der Waals surface area contributed by atoms with Gasteiger partial charge in [0.05, 0.1) is 23.5 Å². The van der Waals surface area contributed by atoms with Gasteiger partial charge in [0.2, 0.25) is 15.9 Å². The van der Waals surface area contributed by atoms with Crippen LogP contribution in [0.4, 0.5) is 11.4 Å². The number of amides is 1. The Morgan fingerprint density at radius 1 is 1.17 bits per heavy atom. The molecule has 2 rings (SSSR count). The molecule has 126 valence electrons. The molecule has 2 N–H and O–H groups in total. The van der Waals surface area contributed by atoms with Crippen LogP contribution < -0.4 is 10.0 Å². The Kier molecular flexibility index (Phi) is 4.57. The molecule has 6 heteroatoms. The van der Waals surface area contributed by atoms with E-state index in [0.29, 0.717) is 11.4 Å². The van der Waals surface area contributed by atoms with Crippen LogP contribution in [0.25, 0.3) is 0 Å². The molecule has 5 nitrogen and oxygen atoms in total. The van der Waals surface area contributed by atoms with Crippen LogP contribution in [0.2, 0.25) is 0 Å². The summed E-state index contributed by atoms with van der Waals surface area (Å²) in [6, 6.07) is 6.80. The Morgan fingerprint density at radius 3 is 2.26 bits per heavy atom. The molecular weight excluding hydrogens is 312 g/mol. The number of carbonyl (C=O) groups is 1. The number of carbonyl (C=O) groups excluding carboxylic acids is 1. The Labute approximate surface area is 138 Å². The second kappa shape index (κ2) is 6.00. The summed E-state index contributed by atoms with van der Waals surface area (Å²) in [4.78, 5) is 12.6. The molecule has 0 aliphatic heterocycles. The van der Waals surface area contributed by atoms with Gasteiger partial charge in [0.1, 0.15) is 0 Å². The molecule has 1 aliphatic rings. The van der Waals surface area contributed by atoms with Crippen LogP contribution in [0.3, 0.4) is 0 Å². The van der Waals surface area contributed by atoms with Gasteiger partial charge in [-0.2, -0.15) is 0 Å². The smallest absolute Gasteiger partial charge is 0.229 e. The Hall–Kier alpha value is -1.82. The molecule has 2 atom stereocenters. The summed E-state index contributed by atoms with van der Waals surface area (Å²) in [5, 5.41) is 2.86. The lowest BCUT2D eigenvalue weighted by atomic mass is 10.1. The van der Waals surface area contributed by atoms with Crippen LogP contribution >= 0.6 is 0 Å². The molecule has 1 amide bonds. The zero-order valence-electron chi connectivity index (χ0n) is 14.2. The van der Waals surface area contributed by atoms with E-state index >= 15 is 0 Å². The number of hydrogen-bond donors (Lipinski definition) is 2. The molecule has 0 spiro atoms. The van der Waals surface area contributed by atoms with Crippen LogP contribution in [0.15, 0.2) is 35.9 Å². The molecule has 0 bridgehead atoms. The lowest BCUT2D eigenvalue weighted by Gasteiger charge is -2.12. The predicted octanol–water partition coefficient (Wildman–Crippen LogP) is 3.24. The maximum atomic E-state index is 12.6. The molecule has 1 aromatic rings. The lowest BCUT2D eigenvalue weighted by Crippen LogP contribution is -2.19. The molecule has 0 unspecified atom stereocenters. The summed E-state index contributed by atoms with van der Waals surface area (Å²) in [7, 11) is -3.40. The summed E-state index contributed by atoms with van der Waals surface area (Å²) >= 11 is 0. The van der Waals surface area contributed by atoms with Gasteiger partial charge in [-0.3, -0.25) is 9.52 Å². The minimum atomic E-state index is -3.40. The fraction of sp³-hybridized carbons (Fsp3) is 0.471. The van der Waals surface area contributed by atoms with Crippen molar-refractivity contribution in [3.05, 3.63) is 35.9 Å². The highest BCUT2D eigenvalue weighted by molar-refractivity contribution is 7.92. The molecular formula is C17H24N2O3S. The second-order valence-corrected chi connectivity index (χ2v) is 8.73. The van der Waals surface area contributed by atoms with Gasteiger partial charge in [0, 0.05) is 0 Å². The number of hydrogen-bond acceptors (Lipinski definition) is 3. The van der Waals surface area contributed by atoms with Crippen molar-refractivity contribution in [2.45, 2.75) is 27.7 Å². The van der Waals surface area contributed by atoms with E-state index in [0.717, 1.165) is 6.26 Å². The molecule has 1 fully saturated rings. The highest BCUT2D eigenvalue weighted by Crippen LogP contribution is 2.59. The number of nitrogens with one attached hydrogen (secondary N) is 2. The van der Waals surface area contributed by atoms with E-state index < -0.39 is 10.0 Å². The van der Waals surface area contributed by atoms with Gasteiger partial charge in [-0.25, -0.2) is 8.42 Å². The summed E-state index contributed by atoms with van der Waals surface area (Å²) < 4.78 is 25.3. The van der Waals surface area contributed by atoms with Crippen molar-refractivity contribution in [2.75, 3.05) is 16.3 Å². The first-order valence-corrected chi connectivity index (χ1v) is 9.44. The molecule has 1 aromatic carbocycles. The third kappa shape index (κ3) is 4.13. The van der Waals surface area contributed by atoms with E-state index in [-0.39, 0.29) is 23.2 Å². The third-order valence-electron chi connectivity index (χ3n) is 4.19. The van der Waals surface area contributed by atoms with Crippen LogP contribution in [-0.2, 0) is 14.8 Å². The quantitative estimate of drug-likeness (QED) is 0.811. The third-order valence-corrected chi connectivity index (χ3v) is 4.78. The van der Waals surface area contributed by atoms with Crippen molar-refractivity contribution in [2.24, 2.45) is 17.3 Å². The number of sulfonamides is 1. The molecule has 1 aliphatic carbocycles. The monoisotopic (exact) mass is 336 g/mol. The van der Waals surface area contributed by atoms with E-state index in [1.54, 1.807) is 24.3 Å². The zero-order chi connectivity index (χ0) is 17.4. The van der Waals surface area contributed by atoms with Crippen molar-refractivity contribution in [3.63, 3.8) is 0 Å². The zero-order valence-corrected chi connectivity index (χ0v) is 15.0. The van der Waals surface area contributed by atoms with E-state index in [9.17, 15) is 13.2 Å². The summed E-state index contributed by atoms with van der Waals surface area (Å²) in [5.74, 6) is 0.0199. The number of anilines is 2. The average Bonchev–Trinajstić information content (AvgIpc) is 2.90. The minimum Gasteiger partial charge on any atom is -0.324 e. The first-order chi connectivity index (χ1) is 10.5. The van der Waals surface area contributed by atoms with Crippen LogP contribution in [0.1, 0.15) is 27.7 Å². The number of para-hydroxylation sites is 2. The largest absolute Gasteiger partial charge is 0.324 e. The van der Waals surface area contributed by atoms with Crippen LogP contribution in [0, 0.1) is 17.3 Å². The fourth-order valence-electron chi connectivity index (χ4n) is 2.94. The standard InChI is InChI=1S/C17H24N2O3S/c1-11(2)10-12-15(17(12,3)4)16(20)18-13-8-6-7-9-14(13)19-23(5,21)22/h6-10,12,15,19H,1-5H3,(H,18,20)/t12-,15-/m1/s1. The van der Waals surface area contributed by atoms with Gasteiger partial charge in [0.25, 0.3) is 0 Å². The van der Waals surface area contributed by atoms with Crippen molar-refractivity contribution in [1.29, 1.82) is 0 Å². The highest BCUT2D eigenvalue weighted by Gasteiger charge is 2.60. The van der Waals surface area contributed by atoms with Crippen LogP contribution in [-0.4, -0.2) is 20.6 Å². The average molecular weight is 336 g/mol. The minimum absolute atomic E-state index is 0.0828. The predicted molar refractivity (Wildman–Crippen MR) is 93.7 cm³/mol. The second-order valence-electron chi connectivity index (χ2n) is 6.98. The topological polar surface area (TPSA) is 75.3 Å². The first-order valence-electron chi connectivity index (χ1n) is 7.55. The van der Waals surface area contributed by atoms with Crippen molar-refractivity contribution in [1.82, 2.24) is 0 Å². The van der Waals surface area contributed by atoms with Crippen molar-refractivity contribution in [3.8, 4) is 0 Å². The van der Waals surface area contributed by atoms with Gasteiger partial charge in [-0.1, -0.05) is 37.6 Å². The van der Waals surface area contributed by atoms with E-state index in [4.69, 9.17) is 0 Å². The number of benzene rings is 1. The lowest BCUT2D eigenvalue weighted by molar-refractivity contribution is -0.118. The highest BCUT2D eigenvalue weighted by atomic mass is 32.2. The van der Waals surface area contributed by atoms with Gasteiger partial charge >= 0.3 is 0 Å². The molecule has 1 saturated carbocycles. The van der Waals surface area contributed by atoms with E-state index in [1.807, 2.05) is 13.8 Å². The number of rotatable bonds is 5. The van der Waals surface area contributed by atoms with Gasteiger partial charge in [0.15, 0.2) is 0 Å². The molecule has 0 saturated heterocycles. The van der Waals surface area contributed by atoms with Crippen LogP contribution in [0.5, 0.6) is 0 Å². The Morgan fingerprint density at radius 2 is 1.74 bits per heavy atom. The summed E-state index contributed by atoms with van der Waals surface area (Å²) in [6.45, 7) is 8.19. The Bertz CT molecular complexity index is 747. The van der Waals surface area contributed by atoms with Crippen molar-refractivity contribution < 1.29 is 13.2 Å². The molecule has 0 heterocycles. The fourth-order valence-corrected chi connectivity index (χ4v) is 3.52. The van der Waals surface area contributed by atoms with Crippen molar-refractivity contribution >= 4 is 27.3 Å². The molecule has 23 heavy (non-hydrogen) atoms. The van der Waals surface area contributed by atoms with E-state index in [2.05, 4.69) is 30.0 Å². The van der Waals surface area contributed by atoms with E-state index in [1.165, 1.54) is 5.57 Å². The maximum Gasteiger partial charge on any atom is 0.229 e.